The fourth-order valence-corrected chi connectivity index (χ4v) is 5.83. The van der Waals surface area contributed by atoms with Gasteiger partial charge in [-0.2, -0.15) is 10.2 Å². The van der Waals surface area contributed by atoms with Crippen LogP contribution in [0.4, 0.5) is 11.9 Å². The van der Waals surface area contributed by atoms with Gasteiger partial charge in [-0.3, -0.25) is 39.2 Å². The minimum Gasteiger partial charge on any atom is -0.506 e. The van der Waals surface area contributed by atoms with Gasteiger partial charge in [0, 0.05) is 36.6 Å². The second-order valence-corrected chi connectivity index (χ2v) is 12.7. The molecule has 4 amide bonds. The molecule has 2 aromatic carbocycles. The van der Waals surface area contributed by atoms with E-state index in [0.29, 0.717) is 21.1 Å². The number of hydrogen-bond acceptors (Lipinski definition) is 10. The lowest BCUT2D eigenvalue weighted by Crippen LogP contribution is -2.25. The molecule has 18 nitrogen and oxygen atoms in total. The Kier molecular flexibility index (Phi) is 10.1. The maximum absolute atomic E-state index is 13.4. The molecule has 0 saturated carbocycles. The second kappa shape index (κ2) is 14.7. The number of imidazole rings is 2. The molecule has 0 aliphatic rings. The third kappa shape index (κ3) is 7.35. The van der Waals surface area contributed by atoms with Gasteiger partial charge in [-0.25, -0.2) is 9.97 Å². The number of rotatable bonds is 13. The number of phenols is 1. The van der Waals surface area contributed by atoms with E-state index in [1.807, 2.05) is 0 Å². The van der Waals surface area contributed by atoms with Gasteiger partial charge < -0.3 is 30.4 Å². The number of methoxy groups -OCH3 is 1. The van der Waals surface area contributed by atoms with Crippen LogP contribution >= 0.6 is 23.2 Å². The molecule has 0 spiro atoms. The van der Waals surface area contributed by atoms with Crippen LogP contribution in [0.5, 0.6) is 11.5 Å². The number of fused-ring (bicyclic) bond motifs is 2. The Morgan fingerprint density at radius 1 is 0.792 bits per heavy atom. The number of phenolic OH excluding ortho intramolecular Hbond substituents is 1. The van der Waals surface area contributed by atoms with Gasteiger partial charge in [0.05, 0.1) is 40.6 Å². The maximum atomic E-state index is 13.4. The van der Waals surface area contributed by atoms with E-state index >= 15 is 0 Å². The molecule has 274 valence electrons. The predicted molar refractivity (Wildman–Crippen MR) is 195 cm³/mol. The zero-order valence-electron chi connectivity index (χ0n) is 28.3. The van der Waals surface area contributed by atoms with Crippen LogP contribution in [-0.4, -0.2) is 74.5 Å². The Morgan fingerprint density at radius 2 is 1.25 bits per heavy atom. The summed E-state index contributed by atoms with van der Waals surface area (Å²) in [6.45, 7) is 3.43. The molecule has 6 aromatic rings. The molecular weight excluding hydrogens is 731 g/mol. The van der Waals surface area contributed by atoms with Crippen LogP contribution in [0, 0.1) is 0 Å². The van der Waals surface area contributed by atoms with Crippen LogP contribution in [0.15, 0.2) is 61.2 Å². The number of nitrogens with two attached hydrogens (primary N) is 2. The average molecular weight is 764 g/mol. The lowest BCUT2D eigenvalue weighted by atomic mass is 10.1. The second-order valence-electron chi connectivity index (χ2n) is 11.8. The molecular formula is C33H32Cl2N12O6. The molecule has 0 saturated heterocycles. The predicted octanol–water partition coefficient (Wildman–Crippen LogP) is 3.65. The minimum absolute atomic E-state index is 0.0209. The van der Waals surface area contributed by atoms with Crippen molar-refractivity contribution in [1.29, 1.82) is 0 Å². The highest BCUT2D eigenvalue weighted by molar-refractivity contribution is 6.30. The largest absolute Gasteiger partial charge is 0.506 e. The first kappa shape index (κ1) is 36.4. The molecule has 4 aromatic heterocycles. The molecule has 2 atom stereocenters. The number of hydrogen-bond donors (Lipinski definition) is 5. The Hall–Kier alpha value is -6.40. The number of primary amides is 2. The van der Waals surface area contributed by atoms with Gasteiger partial charge in [0.1, 0.15) is 34.6 Å². The van der Waals surface area contributed by atoms with Crippen LogP contribution in [0.2, 0.25) is 10.0 Å². The topological polar surface area (TPSA) is 245 Å². The number of benzene rings is 2. The van der Waals surface area contributed by atoms with E-state index in [-0.39, 0.29) is 58.6 Å². The fourth-order valence-electron chi connectivity index (χ4n) is 5.55. The Bertz CT molecular complexity index is 2440. The number of carbonyl (C=O) groups excluding carboxylic acids is 4. The number of allylic oxidation sites excluding steroid dienone is 2. The number of ether oxygens (including phenoxy) is 1. The smallest absolute Gasteiger partial charge is 0.251 e. The summed E-state index contributed by atoms with van der Waals surface area (Å²) in [6, 6.07) is 4.02. The first-order valence-electron chi connectivity index (χ1n) is 15.8. The summed E-state index contributed by atoms with van der Waals surface area (Å²) in [7, 11) is 1.42. The van der Waals surface area contributed by atoms with Crippen molar-refractivity contribution < 1.29 is 29.0 Å². The van der Waals surface area contributed by atoms with Crippen LogP contribution in [-0.2, 0) is 22.7 Å². The van der Waals surface area contributed by atoms with Crippen molar-refractivity contribution in [3.8, 4) is 11.5 Å². The van der Waals surface area contributed by atoms with Gasteiger partial charge in [-0.05, 0) is 38.1 Å². The van der Waals surface area contributed by atoms with Crippen molar-refractivity contribution in [2.75, 3.05) is 17.7 Å². The van der Waals surface area contributed by atoms with Crippen molar-refractivity contribution in [1.82, 2.24) is 38.7 Å². The molecule has 4 heterocycles. The molecule has 0 aliphatic heterocycles. The number of carbonyl (C=O) groups is 4. The minimum atomic E-state index is -0.790. The number of nitrogens with zero attached hydrogens (tertiary/aromatic N) is 8. The van der Waals surface area contributed by atoms with Crippen LogP contribution in [0.1, 0.15) is 46.6 Å². The van der Waals surface area contributed by atoms with Crippen LogP contribution in [0.3, 0.4) is 0 Å². The number of aromatic hydroxyl groups is 1. The quantitative estimate of drug-likeness (QED) is 0.107. The summed E-state index contributed by atoms with van der Waals surface area (Å²) in [5.74, 6) is -2.24. The zero-order valence-corrected chi connectivity index (χ0v) is 29.8. The van der Waals surface area contributed by atoms with Crippen molar-refractivity contribution in [2.45, 2.75) is 39.0 Å². The first-order valence-corrected chi connectivity index (χ1v) is 16.6. The molecule has 20 heteroatoms. The normalized spacial score (nSPS) is 12.7. The van der Waals surface area contributed by atoms with E-state index in [4.69, 9.17) is 39.4 Å². The number of anilines is 2. The number of amides is 4. The van der Waals surface area contributed by atoms with Crippen molar-refractivity contribution in [3.05, 3.63) is 82.4 Å². The number of halogens is 2. The third-order valence-electron chi connectivity index (χ3n) is 8.32. The zero-order chi connectivity index (χ0) is 38.1. The van der Waals surface area contributed by atoms with E-state index in [9.17, 15) is 24.3 Å². The molecule has 0 fully saturated rings. The van der Waals surface area contributed by atoms with E-state index in [1.54, 1.807) is 30.6 Å². The first-order chi connectivity index (χ1) is 25.2. The molecule has 53 heavy (non-hydrogen) atoms. The summed E-state index contributed by atoms with van der Waals surface area (Å²) in [6.07, 6.45) is 9.29. The molecule has 2 unspecified atom stereocenters. The highest BCUT2D eigenvalue weighted by atomic mass is 35.5. The van der Waals surface area contributed by atoms with Gasteiger partial charge in [-0.15, -0.1) is 0 Å². The summed E-state index contributed by atoms with van der Waals surface area (Å²) >= 11 is 12.0. The number of aromatic nitrogens is 8. The average Bonchev–Trinajstić information content (AvgIpc) is 3.91. The molecule has 0 bridgehead atoms. The third-order valence-corrected chi connectivity index (χ3v) is 8.71. The standard InChI is InChI=1S/C33H32Cl2N12O6/c1-16(46-14-20(34)12-38-46)30(51)42-32-40-22-8-18(28(36)49)10-24(48)26(22)44(32)6-4-5-7-45-27-23(9-19(29(37)50)11-25(27)53-3)41-33(45)43-31(52)17(2)47-15-21(35)13-39-47/h4-5,8-17,48H,6-7H2,1-3H3,(H2,36,49)(H2,37,50)(H,40,42,51)(H,41,43,52)/b5-4+. The highest BCUT2D eigenvalue weighted by Gasteiger charge is 2.24. The Balaban J connectivity index is 1.35. The van der Waals surface area contributed by atoms with Gasteiger partial charge >= 0.3 is 0 Å². The van der Waals surface area contributed by atoms with E-state index < -0.39 is 35.7 Å². The van der Waals surface area contributed by atoms with Crippen LogP contribution < -0.4 is 26.8 Å². The monoisotopic (exact) mass is 762 g/mol. The van der Waals surface area contributed by atoms with Crippen LogP contribution in [0.25, 0.3) is 22.1 Å². The molecule has 6 rings (SSSR count). The maximum Gasteiger partial charge on any atom is 0.251 e. The van der Waals surface area contributed by atoms with Gasteiger partial charge in [0.15, 0.2) is 0 Å². The van der Waals surface area contributed by atoms with Crippen molar-refractivity contribution >= 4 is 80.8 Å². The van der Waals surface area contributed by atoms with E-state index in [2.05, 4.69) is 30.8 Å². The Labute approximate surface area is 309 Å². The summed E-state index contributed by atoms with van der Waals surface area (Å²) in [5, 5.41) is 25.5. The molecule has 0 radical (unpaired) electrons. The highest BCUT2D eigenvalue weighted by Crippen LogP contribution is 2.32. The fraction of sp³-hybridized carbons (Fsp3) is 0.212. The molecule has 0 aliphatic carbocycles. The van der Waals surface area contributed by atoms with Gasteiger partial charge in [0.25, 0.3) is 11.8 Å². The SMILES string of the molecule is COc1cc(C(N)=O)cc2nc(NC(=O)C(C)n3cc(Cl)cn3)n(C/C=C/Cn3c(NC(=O)C(C)n4cc(Cl)cn4)nc4cc(C(N)=O)cc(O)c43)c12. The summed E-state index contributed by atoms with van der Waals surface area (Å²) in [4.78, 5) is 59.7. The molecule has 7 N–H and O–H groups in total. The lowest BCUT2D eigenvalue weighted by Gasteiger charge is -2.14. The van der Waals surface area contributed by atoms with Gasteiger partial charge in [0.2, 0.25) is 23.7 Å². The van der Waals surface area contributed by atoms with E-state index in [1.165, 1.54) is 70.1 Å². The summed E-state index contributed by atoms with van der Waals surface area (Å²) in [5.41, 5.74) is 12.4. The van der Waals surface area contributed by atoms with Crippen molar-refractivity contribution in [2.24, 2.45) is 11.5 Å². The van der Waals surface area contributed by atoms with Crippen molar-refractivity contribution in [3.63, 3.8) is 0 Å². The Morgan fingerprint density at radius 3 is 1.68 bits per heavy atom. The summed E-state index contributed by atoms with van der Waals surface area (Å²) < 4.78 is 11.6. The number of nitrogens with one attached hydrogen (secondary N) is 2. The van der Waals surface area contributed by atoms with E-state index in [0.717, 1.165) is 0 Å². The van der Waals surface area contributed by atoms with Gasteiger partial charge in [-0.1, -0.05) is 35.4 Å². The lowest BCUT2D eigenvalue weighted by molar-refractivity contribution is -0.119.